The Kier molecular flexibility index (Phi) is 3.27. The highest BCUT2D eigenvalue weighted by molar-refractivity contribution is 6.30. The fourth-order valence-corrected chi connectivity index (χ4v) is 3.98. The van der Waals surface area contributed by atoms with Gasteiger partial charge in [-0.1, -0.05) is 23.7 Å². The molecule has 2 unspecified atom stereocenters. The van der Waals surface area contributed by atoms with Gasteiger partial charge in [0.15, 0.2) is 0 Å². The van der Waals surface area contributed by atoms with E-state index < -0.39 is 5.97 Å². The largest absolute Gasteiger partial charge is 0.481 e. The van der Waals surface area contributed by atoms with E-state index in [2.05, 4.69) is 11.9 Å². The van der Waals surface area contributed by atoms with Crippen molar-refractivity contribution in [2.75, 3.05) is 7.05 Å². The van der Waals surface area contributed by atoms with Crippen molar-refractivity contribution < 1.29 is 9.90 Å². The molecule has 2 heterocycles. The van der Waals surface area contributed by atoms with E-state index in [0.717, 1.165) is 24.8 Å². The molecule has 0 saturated carbocycles. The molecule has 3 nitrogen and oxygen atoms in total. The number of halogens is 1. The minimum absolute atomic E-state index is 0.114. The molecule has 0 radical (unpaired) electrons. The molecule has 1 N–H and O–H groups in total. The van der Waals surface area contributed by atoms with Crippen LogP contribution in [0.5, 0.6) is 0 Å². The molecule has 2 fully saturated rings. The summed E-state index contributed by atoms with van der Waals surface area (Å²) in [7, 11) is 2.07. The highest BCUT2D eigenvalue weighted by Crippen LogP contribution is 2.46. The molecule has 1 aromatic carbocycles. The summed E-state index contributed by atoms with van der Waals surface area (Å²) in [4.78, 5) is 14.0. The van der Waals surface area contributed by atoms with Gasteiger partial charge in [0.05, 0.1) is 5.92 Å². The maximum absolute atomic E-state index is 11.7. The van der Waals surface area contributed by atoms with Gasteiger partial charge in [-0.05, 0) is 44.0 Å². The average Bonchev–Trinajstić information content (AvgIpc) is 2.63. The predicted molar refractivity (Wildman–Crippen MR) is 74.5 cm³/mol. The molecule has 1 aromatic rings. The van der Waals surface area contributed by atoms with Crippen LogP contribution in [0.4, 0.5) is 0 Å². The van der Waals surface area contributed by atoms with E-state index in [0.29, 0.717) is 11.1 Å². The summed E-state index contributed by atoms with van der Waals surface area (Å²) in [5.74, 6) is -0.856. The second-order valence-electron chi connectivity index (χ2n) is 5.72. The van der Waals surface area contributed by atoms with E-state index in [-0.39, 0.29) is 17.9 Å². The lowest BCUT2D eigenvalue weighted by molar-refractivity contribution is -0.146. The summed E-state index contributed by atoms with van der Waals surface area (Å²) < 4.78 is 0. The second-order valence-corrected chi connectivity index (χ2v) is 6.16. The number of hydrogen-bond donors (Lipinski definition) is 1. The molecule has 2 bridgehead atoms. The fourth-order valence-electron chi connectivity index (χ4n) is 3.86. The predicted octanol–water partition coefficient (Wildman–Crippen LogP) is 2.99. The van der Waals surface area contributed by atoms with E-state index >= 15 is 0 Å². The number of fused-ring (bicyclic) bond motifs is 2. The van der Waals surface area contributed by atoms with E-state index in [1.54, 1.807) is 0 Å². The number of benzene rings is 1. The minimum atomic E-state index is -0.669. The topological polar surface area (TPSA) is 40.5 Å². The average molecular weight is 280 g/mol. The summed E-state index contributed by atoms with van der Waals surface area (Å²) in [6.45, 7) is 0. The van der Waals surface area contributed by atoms with Crippen LogP contribution in [0.3, 0.4) is 0 Å². The lowest BCUT2D eigenvalue weighted by atomic mass is 9.76. The van der Waals surface area contributed by atoms with Gasteiger partial charge in [0, 0.05) is 23.0 Å². The molecule has 2 aliphatic heterocycles. The zero-order chi connectivity index (χ0) is 13.6. The van der Waals surface area contributed by atoms with Crippen LogP contribution in [0.25, 0.3) is 0 Å². The van der Waals surface area contributed by atoms with Gasteiger partial charge in [0.25, 0.3) is 0 Å². The number of carboxylic acid groups (broad SMARTS) is 1. The third kappa shape index (κ3) is 2.15. The molecule has 2 saturated heterocycles. The molecule has 0 aliphatic carbocycles. The Balaban J connectivity index is 1.95. The molecule has 0 spiro atoms. The molecular weight excluding hydrogens is 262 g/mol. The zero-order valence-electron chi connectivity index (χ0n) is 10.9. The second kappa shape index (κ2) is 4.80. The van der Waals surface area contributed by atoms with Crippen molar-refractivity contribution >= 4 is 17.6 Å². The van der Waals surface area contributed by atoms with Crippen molar-refractivity contribution in [1.82, 2.24) is 4.90 Å². The van der Waals surface area contributed by atoms with Crippen LogP contribution < -0.4 is 0 Å². The highest BCUT2D eigenvalue weighted by atomic mass is 35.5. The lowest BCUT2D eigenvalue weighted by Gasteiger charge is -2.41. The molecule has 0 aromatic heterocycles. The van der Waals surface area contributed by atoms with Crippen molar-refractivity contribution in [2.24, 2.45) is 5.92 Å². The number of aliphatic carboxylic acids is 1. The molecule has 0 amide bonds. The SMILES string of the molecule is CN1C2CCC1[C@@H](C(=O)O)[C@@H](c1ccc(Cl)cc1)C2. The van der Waals surface area contributed by atoms with Crippen LogP contribution >= 0.6 is 11.6 Å². The van der Waals surface area contributed by atoms with E-state index in [4.69, 9.17) is 11.6 Å². The van der Waals surface area contributed by atoms with Gasteiger partial charge >= 0.3 is 5.97 Å². The Morgan fingerprint density at radius 2 is 2.00 bits per heavy atom. The molecule has 3 rings (SSSR count). The summed E-state index contributed by atoms with van der Waals surface area (Å²) in [6, 6.07) is 8.38. The van der Waals surface area contributed by atoms with Crippen LogP contribution in [0.15, 0.2) is 24.3 Å². The third-order valence-electron chi connectivity index (χ3n) is 4.85. The van der Waals surface area contributed by atoms with Gasteiger partial charge in [0.1, 0.15) is 0 Å². The number of hydrogen-bond acceptors (Lipinski definition) is 2. The lowest BCUT2D eigenvalue weighted by Crippen LogP contribution is -2.48. The van der Waals surface area contributed by atoms with Crippen molar-refractivity contribution in [3.8, 4) is 0 Å². The van der Waals surface area contributed by atoms with Crippen molar-refractivity contribution in [3.63, 3.8) is 0 Å². The molecule has 2 aliphatic rings. The quantitative estimate of drug-likeness (QED) is 0.905. The number of carbonyl (C=O) groups is 1. The number of rotatable bonds is 2. The molecular formula is C15H18ClNO2. The van der Waals surface area contributed by atoms with Crippen LogP contribution in [0.2, 0.25) is 5.02 Å². The van der Waals surface area contributed by atoms with Crippen LogP contribution in [-0.2, 0) is 4.79 Å². The Morgan fingerprint density at radius 3 is 2.63 bits per heavy atom. The zero-order valence-corrected chi connectivity index (χ0v) is 11.7. The maximum Gasteiger partial charge on any atom is 0.308 e. The molecule has 102 valence electrons. The Bertz CT molecular complexity index is 487. The van der Waals surface area contributed by atoms with Gasteiger partial charge in [-0.25, -0.2) is 0 Å². The monoisotopic (exact) mass is 279 g/mol. The van der Waals surface area contributed by atoms with Gasteiger partial charge in [-0.15, -0.1) is 0 Å². The van der Waals surface area contributed by atoms with Crippen LogP contribution in [0, 0.1) is 5.92 Å². The third-order valence-corrected chi connectivity index (χ3v) is 5.10. The summed E-state index contributed by atoms with van der Waals surface area (Å²) >= 11 is 5.92. The number of nitrogens with zero attached hydrogens (tertiary/aromatic N) is 1. The van der Waals surface area contributed by atoms with Crippen LogP contribution in [-0.4, -0.2) is 35.1 Å². The number of piperidine rings is 1. The van der Waals surface area contributed by atoms with Crippen molar-refractivity contribution in [1.29, 1.82) is 0 Å². The summed E-state index contributed by atoms with van der Waals surface area (Å²) in [5, 5.41) is 10.3. The van der Waals surface area contributed by atoms with Gasteiger partial charge in [-0.3, -0.25) is 9.69 Å². The molecule has 19 heavy (non-hydrogen) atoms. The highest BCUT2D eigenvalue weighted by Gasteiger charge is 2.49. The number of carboxylic acids is 1. The summed E-state index contributed by atoms with van der Waals surface area (Å²) in [5.41, 5.74) is 1.11. The first-order chi connectivity index (χ1) is 9.08. The first-order valence-corrected chi connectivity index (χ1v) is 7.16. The smallest absolute Gasteiger partial charge is 0.308 e. The van der Waals surface area contributed by atoms with Gasteiger partial charge < -0.3 is 5.11 Å². The first kappa shape index (κ1) is 12.9. The van der Waals surface area contributed by atoms with Gasteiger partial charge in [-0.2, -0.15) is 0 Å². The fraction of sp³-hybridized carbons (Fsp3) is 0.533. The van der Waals surface area contributed by atoms with E-state index in [9.17, 15) is 9.90 Å². The van der Waals surface area contributed by atoms with Crippen LogP contribution in [0.1, 0.15) is 30.7 Å². The molecule has 4 atom stereocenters. The Hall–Kier alpha value is -1.06. The van der Waals surface area contributed by atoms with Gasteiger partial charge in [0.2, 0.25) is 0 Å². The normalized spacial score (nSPS) is 34.4. The minimum Gasteiger partial charge on any atom is -0.481 e. The molecule has 4 heteroatoms. The maximum atomic E-state index is 11.7. The standard InChI is InChI=1S/C15H18ClNO2/c1-17-11-6-7-13(17)14(15(18)19)12(8-11)9-2-4-10(16)5-3-9/h2-5,11-14H,6-8H2,1H3,(H,18,19)/t11?,12-,13?,14+/m1/s1. The Morgan fingerprint density at radius 1 is 1.32 bits per heavy atom. The van der Waals surface area contributed by atoms with Crippen molar-refractivity contribution in [2.45, 2.75) is 37.3 Å². The summed E-state index contributed by atoms with van der Waals surface area (Å²) in [6.07, 6.45) is 3.06. The van der Waals surface area contributed by atoms with E-state index in [1.807, 2.05) is 24.3 Å². The Labute approximate surface area is 118 Å². The van der Waals surface area contributed by atoms with E-state index in [1.165, 1.54) is 0 Å². The van der Waals surface area contributed by atoms with Crippen molar-refractivity contribution in [3.05, 3.63) is 34.9 Å². The first-order valence-electron chi connectivity index (χ1n) is 6.78.